The fourth-order valence-corrected chi connectivity index (χ4v) is 2.20. The Morgan fingerprint density at radius 2 is 1.88 bits per heavy atom. The molecule has 0 amide bonds. The molecule has 3 unspecified atom stereocenters. The third-order valence-electron chi connectivity index (χ3n) is 3.48. The minimum Gasteiger partial charge on any atom is -0.504 e. The fourth-order valence-electron chi connectivity index (χ4n) is 2.20. The Morgan fingerprint density at radius 1 is 1.17 bits per heavy atom. The van der Waals surface area contributed by atoms with Crippen LogP contribution in [0.15, 0.2) is 35.9 Å². The third kappa shape index (κ3) is 4.12. The lowest BCUT2D eigenvalue weighted by atomic mass is 9.92. The summed E-state index contributed by atoms with van der Waals surface area (Å²) in [5, 5.41) is 46.9. The molecule has 2 rings (SSSR count). The lowest BCUT2D eigenvalue weighted by molar-refractivity contribution is -0.154. The monoisotopic (exact) mass is 336 g/mol. The first-order chi connectivity index (χ1) is 11.3. The number of carbonyl (C=O) groups excluding carboxylic acids is 1. The Morgan fingerprint density at radius 3 is 2.50 bits per heavy atom. The van der Waals surface area contributed by atoms with Gasteiger partial charge >= 0.3 is 11.9 Å². The van der Waals surface area contributed by atoms with E-state index in [1.165, 1.54) is 24.3 Å². The van der Waals surface area contributed by atoms with Crippen molar-refractivity contribution in [3.05, 3.63) is 41.5 Å². The van der Waals surface area contributed by atoms with Gasteiger partial charge < -0.3 is 30.3 Å². The maximum Gasteiger partial charge on any atom is 0.331 e. The Hall–Kier alpha value is -2.84. The van der Waals surface area contributed by atoms with Crippen molar-refractivity contribution in [1.82, 2.24) is 0 Å². The van der Waals surface area contributed by atoms with Gasteiger partial charge in [-0.25, -0.2) is 9.59 Å². The van der Waals surface area contributed by atoms with Crippen LogP contribution >= 0.6 is 0 Å². The summed E-state index contributed by atoms with van der Waals surface area (Å²) in [6.07, 6.45) is -0.963. The molecule has 0 heterocycles. The van der Waals surface area contributed by atoms with Gasteiger partial charge in [-0.3, -0.25) is 0 Å². The molecule has 8 heteroatoms. The third-order valence-corrected chi connectivity index (χ3v) is 3.48. The number of benzene rings is 1. The molecule has 0 spiro atoms. The zero-order valence-corrected chi connectivity index (χ0v) is 12.4. The maximum absolute atomic E-state index is 11.8. The van der Waals surface area contributed by atoms with Gasteiger partial charge in [0.05, 0.1) is 0 Å². The number of aliphatic carboxylic acids is 1. The Balaban J connectivity index is 2.03. The van der Waals surface area contributed by atoms with E-state index in [9.17, 15) is 30.0 Å². The van der Waals surface area contributed by atoms with E-state index in [4.69, 9.17) is 9.84 Å². The SMILES string of the molecule is O=C(C=Cc1ccc(O)c(O)c1)OC1CC(C(=O)O)=CC(O)C1O. The summed E-state index contributed by atoms with van der Waals surface area (Å²) in [4.78, 5) is 22.7. The molecule has 8 nitrogen and oxygen atoms in total. The van der Waals surface area contributed by atoms with E-state index in [0.29, 0.717) is 5.56 Å². The molecule has 0 bridgehead atoms. The van der Waals surface area contributed by atoms with Crippen molar-refractivity contribution in [2.45, 2.75) is 24.7 Å². The van der Waals surface area contributed by atoms with Crippen molar-refractivity contribution >= 4 is 18.0 Å². The Kier molecular flexibility index (Phi) is 5.22. The van der Waals surface area contributed by atoms with Gasteiger partial charge in [0.2, 0.25) is 0 Å². The number of esters is 1. The summed E-state index contributed by atoms with van der Waals surface area (Å²) >= 11 is 0. The quantitative estimate of drug-likeness (QED) is 0.297. The molecule has 128 valence electrons. The number of phenols is 2. The minimum absolute atomic E-state index is 0.155. The predicted molar refractivity (Wildman–Crippen MR) is 81.0 cm³/mol. The van der Waals surface area contributed by atoms with Crippen molar-refractivity contribution in [1.29, 1.82) is 0 Å². The molecule has 1 aliphatic rings. The zero-order chi connectivity index (χ0) is 17.9. The molecule has 3 atom stereocenters. The van der Waals surface area contributed by atoms with Crippen molar-refractivity contribution in [3.8, 4) is 11.5 Å². The number of rotatable bonds is 4. The number of aromatic hydroxyl groups is 2. The number of carbonyl (C=O) groups is 2. The van der Waals surface area contributed by atoms with Crippen LogP contribution in [0.4, 0.5) is 0 Å². The van der Waals surface area contributed by atoms with Crippen molar-refractivity contribution in [2.24, 2.45) is 0 Å². The van der Waals surface area contributed by atoms with Gasteiger partial charge in [0, 0.05) is 18.1 Å². The van der Waals surface area contributed by atoms with E-state index in [1.807, 2.05) is 0 Å². The van der Waals surface area contributed by atoms with Crippen molar-refractivity contribution < 1.29 is 39.9 Å². The van der Waals surface area contributed by atoms with Crippen LogP contribution in [0.3, 0.4) is 0 Å². The first-order valence-corrected chi connectivity index (χ1v) is 6.98. The second-order valence-electron chi connectivity index (χ2n) is 5.24. The van der Waals surface area contributed by atoms with Gasteiger partial charge in [-0.1, -0.05) is 6.07 Å². The number of aliphatic hydroxyl groups excluding tert-OH is 2. The average molecular weight is 336 g/mol. The lowest BCUT2D eigenvalue weighted by Crippen LogP contribution is -2.43. The summed E-state index contributed by atoms with van der Waals surface area (Å²) in [5.41, 5.74) is 0.260. The van der Waals surface area contributed by atoms with Crippen LogP contribution in [0.5, 0.6) is 11.5 Å². The average Bonchev–Trinajstić information content (AvgIpc) is 2.52. The molecule has 0 fully saturated rings. The van der Waals surface area contributed by atoms with Gasteiger partial charge in [0.25, 0.3) is 0 Å². The molecule has 0 aliphatic heterocycles. The second kappa shape index (κ2) is 7.16. The summed E-state index contributed by atoms with van der Waals surface area (Å²) in [6.45, 7) is 0. The molecule has 0 saturated heterocycles. The summed E-state index contributed by atoms with van der Waals surface area (Å²) in [6, 6.07) is 3.92. The summed E-state index contributed by atoms with van der Waals surface area (Å²) in [7, 11) is 0. The predicted octanol–water partition coefficient (Wildman–Crippen LogP) is 0.159. The van der Waals surface area contributed by atoms with Crippen LogP contribution in [-0.2, 0) is 14.3 Å². The molecule has 24 heavy (non-hydrogen) atoms. The maximum atomic E-state index is 11.8. The number of phenolic OH excluding ortho intramolecular Hbond substituents is 2. The highest BCUT2D eigenvalue weighted by Gasteiger charge is 2.35. The van der Waals surface area contributed by atoms with E-state index < -0.39 is 30.3 Å². The van der Waals surface area contributed by atoms with Crippen LogP contribution in [0.2, 0.25) is 0 Å². The number of aliphatic hydroxyl groups is 2. The van der Waals surface area contributed by atoms with E-state index >= 15 is 0 Å². The topological polar surface area (TPSA) is 145 Å². The van der Waals surface area contributed by atoms with Gasteiger partial charge in [0.1, 0.15) is 18.3 Å². The molecule has 0 saturated carbocycles. The molecule has 1 aromatic rings. The number of hydrogen-bond donors (Lipinski definition) is 5. The van der Waals surface area contributed by atoms with Gasteiger partial charge in [-0.05, 0) is 29.8 Å². The number of carboxylic acid groups (broad SMARTS) is 1. The van der Waals surface area contributed by atoms with E-state index in [1.54, 1.807) is 0 Å². The van der Waals surface area contributed by atoms with Gasteiger partial charge in [-0.2, -0.15) is 0 Å². The molecule has 0 radical (unpaired) electrons. The highest BCUT2D eigenvalue weighted by molar-refractivity contribution is 5.88. The first-order valence-electron chi connectivity index (χ1n) is 6.98. The van der Waals surface area contributed by atoms with Crippen molar-refractivity contribution in [2.75, 3.05) is 0 Å². The van der Waals surface area contributed by atoms with E-state index in [0.717, 1.165) is 12.2 Å². The van der Waals surface area contributed by atoms with Gasteiger partial charge in [-0.15, -0.1) is 0 Å². The van der Waals surface area contributed by atoms with E-state index in [2.05, 4.69) is 0 Å². The Bertz CT molecular complexity index is 706. The Labute approximate surface area is 136 Å². The summed E-state index contributed by atoms with van der Waals surface area (Å²) in [5.74, 6) is -2.78. The molecular formula is C16H16O8. The van der Waals surface area contributed by atoms with Crippen molar-refractivity contribution in [3.63, 3.8) is 0 Å². The molecule has 1 aliphatic carbocycles. The lowest BCUT2D eigenvalue weighted by Gasteiger charge is -2.29. The largest absolute Gasteiger partial charge is 0.504 e. The fraction of sp³-hybridized carbons (Fsp3) is 0.250. The van der Waals surface area contributed by atoms with Gasteiger partial charge in [0.15, 0.2) is 11.5 Å². The highest BCUT2D eigenvalue weighted by Crippen LogP contribution is 2.26. The molecule has 5 N–H and O–H groups in total. The number of carboxylic acids is 1. The highest BCUT2D eigenvalue weighted by atomic mass is 16.6. The number of ether oxygens (including phenoxy) is 1. The standard InChI is InChI=1S/C16H16O8/c17-10-3-1-8(5-11(10)18)2-4-14(20)24-13-7-9(16(22)23)6-12(19)15(13)21/h1-6,12-13,15,17-19,21H,7H2,(H,22,23). The van der Waals surface area contributed by atoms with Crippen LogP contribution in [0.1, 0.15) is 12.0 Å². The minimum atomic E-state index is -1.44. The molecule has 0 aromatic heterocycles. The van der Waals surface area contributed by atoms with Crippen LogP contribution in [-0.4, -0.2) is 55.8 Å². The van der Waals surface area contributed by atoms with Crippen LogP contribution in [0.25, 0.3) is 6.08 Å². The van der Waals surface area contributed by atoms with E-state index in [-0.39, 0.29) is 23.5 Å². The zero-order valence-electron chi connectivity index (χ0n) is 12.4. The smallest absolute Gasteiger partial charge is 0.331 e. The second-order valence-corrected chi connectivity index (χ2v) is 5.24. The summed E-state index contributed by atoms with van der Waals surface area (Å²) < 4.78 is 4.98. The molecular weight excluding hydrogens is 320 g/mol. The van der Waals surface area contributed by atoms with Crippen LogP contribution in [0, 0.1) is 0 Å². The van der Waals surface area contributed by atoms with Crippen LogP contribution < -0.4 is 0 Å². The normalized spacial score (nSPS) is 23.8. The first kappa shape index (κ1) is 17.5. The number of hydrogen-bond acceptors (Lipinski definition) is 7. The molecule has 1 aromatic carbocycles.